The molecule has 2 aromatic rings. The second-order valence-electron chi connectivity index (χ2n) is 4.93. The van der Waals surface area contributed by atoms with Crippen molar-refractivity contribution in [3.05, 3.63) is 71.5 Å². The van der Waals surface area contributed by atoms with Crippen molar-refractivity contribution in [2.45, 2.75) is 19.1 Å². The van der Waals surface area contributed by atoms with Crippen LogP contribution in [0.25, 0.3) is 0 Å². The summed E-state index contributed by atoms with van der Waals surface area (Å²) in [6.45, 7) is 0.0512. The highest BCUT2D eigenvalue weighted by atomic mass is 19.1. The quantitative estimate of drug-likeness (QED) is 0.859. The van der Waals surface area contributed by atoms with Crippen LogP contribution in [-0.2, 0) is 22.6 Å². The van der Waals surface area contributed by atoms with Gasteiger partial charge in [-0.25, -0.2) is 14.0 Å². The fourth-order valence-corrected chi connectivity index (χ4v) is 1.96. The first kappa shape index (κ1) is 16.5. The molecule has 0 aliphatic rings. The van der Waals surface area contributed by atoms with Crippen molar-refractivity contribution in [2.24, 2.45) is 0 Å². The van der Waals surface area contributed by atoms with Gasteiger partial charge in [-0.05, 0) is 23.3 Å². The molecule has 0 aliphatic heterocycles. The number of ether oxygens (including phenoxy) is 1. The molecule has 0 heterocycles. The Morgan fingerprint density at radius 1 is 1.04 bits per heavy atom. The fourth-order valence-electron chi connectivity index (χ4n) is 1.96. The number of halogens is 1. The van der Waals surface area contributed by atoms with Gasteiger partial charge in [0.05, 0.1) is 0 Å². The molecule has 2 aromatic carbocycles. The number of aliphatic carboxylic acids is 1. The van der Waals surface area contributed by atoms with Crippen LogP contribution >= 0.6 is 0 Å². The smallest absolute Gasteiger partial charge is 0.408 e. The molecule has 0 saturated carbocycles. The predicted molar refractivity (Wildman–Crippen MR) is 81.3 cm³/mol. The number of alkyl carbamates (subject to hydrolysis) is 1. The van der Waals surface area contributed by atoms with E-state index in [9.17, 15) is 19.1 Å². The second-order valence-corrected chi connectivity index (χ2v) is 4.93. The molecule has 6 heteroatoms. The van der Waals surface area contributed by atoms with Gasteiger partial charge in [-0.15, -0.1) is 0 Å². The molecule has 0 radical (unpaired) electrons. The van der Waals surface area contributed by atoms with E-state index in [0.29, 0.717) is 5.56 Å². The first-order valence-electron chi connectivity index (χ1n) is 6.99. The van der Waals surface area contributed by atoms with Crippen LogP contribution in [0.15, 0.2) is 54.6 Å². The van der Waals surface area contributed by atoms with Gasteiger partial charge in [-0.2, -0.15) is 0 Å². The minimum absolute atomic E-state index is 0.0377. The number of hydrogen-bond acceptors (Lipinski definition) is 3. The fraction of sp³-hybridized carbons (Fsp3) is 0.176. The van der Waals surface area contributed by atoms with Gasteiger partial charge >= 0.3 is 12.1 Å². The molecular formula is C17H16FNO4. The third-order valence-electron chi connectivity index (χ3n) is 3.16. The van der Waals surface area contributed by atoms with Crippen LogP contribution in [0.3, 0.4) is 0 Å². The largest absolute Gasteiger partial charge is 0.480 e. The summed E-state index contributed by atoms with van der Waals surface area (Å²) in [7, 11) is 0. The van der Waals surface area contributed by atoms with E-state index < -0.39 is 23.9 Å². The SMILES string of the molecule is O=C(NC(Cc1ccc(F)cc1)C(=O)O)OCc1ccccc1. The average Bonchev–Trinajstić information content (AvgIpc) is 2.55. The number of carboxylic acid groups (broad SMARTS) is 1. The van der Waals surface area contributed by atoms with Gasteiger partial charge in [-0.3, -0.25) is 0 Å². The highest BCUT2D eigenvalue weighted by Gasteiger charge is 2.21. The zero-order chi connectivity index (χ0) is 16.7. The molecule has 2 rings (SSSR count). The summed E-state index contributed by atoms with van der Waals surface area (Å²) in [5, 5.41) is 11.5. The third-order valence-corrected chi connectivity index (χ3v) is 3.16. The van der Waals surface area contributed by atoms with Crippen molar-refractivity contribution in [1.29, 1.82) is 0 Å². The van der Waals surface area contributed by atoms with Crippen molar-refractivity contribution < 1.29 is 23.8 Å². The minimum atomic E-state index is -1.19. The van der Waals surface area contributed by atoms with Gasteiger partial charge < -0.3 is 15.2 Å². The van der Waals surface area contributed by atoms with E-state index >= 15 is 0 Å². The highest BCUT2D eigenvalue weighted by Crippen LogP contribution is 2.07. The van der Waals surface area contributed by atoms with Gasteiger partial charge in [0.15, 0.2) is 0 Å². The molecule has 0 spiro atoms. The molecule has 1 atom stereocenters. The molecule has 0 saturated heterocycles. The monoisotopic (exact) mass is 317 g/mol. The Labute approximate surface area is 132 Å². The standard InChI is InChI=1S/C17H16FNO4/c18-14-8-6-12(7-9-14)10-15(16(20)21)19-17(22)23-11-13-4-2-1-3-5-13/h1-9,15H,10-11H2,(H,19,22)(H,20,21). The van der Waals surface area contributed by atoms with Crippen LogP contribution in [0.5, 0.6) is 0 Å². The van der Waals surface area contributed by atoms with Crippen molar-refractivity contribution in [3.63, 3.8) is 0 Å². The van der Waals surface area contributed by atoms with E-state index in [0.717, 1.165) is 5.56 Å². The lowest BCUT2D eigenvalue weighted by Gasteiger charge is -2.14. The van der Waals surface area contributed by atoms with Crippen LogP contribution in [0.2, 0.25) is 0 Å². The normalized spacial score (nSPS) is 11.5. The number of amides is 1. The Bertz CT molecular complexity index is 658. The van der Waals surface area contributed by atoms with Crippen molar-refractivity contribution in [2.75, 3.05) is 0 Å². The first-order valence-corrected chi connectivity index (χ1v) is 6.99. The predicted octanol–water partition coefficient (Wildman–Crippen LogP) is 2.75. The molecule has 23 heavy (non-hydrogen) atoms. The Hall–Kier alpha value is -2.89. The summed E-state index contributed by atoms with van der Waals surface area (Å²) in [6, 6.07) is 13.3. The number of benzene rings is 2. The lowest BCUT2D eigenvalue weighted by molar-refractivity contribution is -0.139. The second kappa shape index (κ2) is 7.93. The molecule has 120 valence electrons. The van der Waals surface area contributed by atoms with E-state index in [1.807, 2.05) is 18.2 Å². The molecule has 0 fully saturated rings. The minimum Gasteiger partial charge on any atom is -0.480 e. The number of nitrogens with one attached hydrogen (secondary N) is 1. The number of carbonyl (C=O) groups is 2. The van der Waals surface area contributed by atoms with Crippen molar-refractivity contribution in [3.8, 4) is 0 Å². The molecular weight excluding hydrogens is 301 g/mol. The number of carboxylic acids is 1. The summed E-state index contributed by atoms with van der Waals surface area (Å²) in [6.07, 6.45) is -0.779. The van der Waals surface area contributed by atoms with Crippen molar-refractivity contribution in [1.82, 2.24) is 5.32 Å². The summed E-state index contributed by atoms with van der Waals surface area (Å²) in [4.78, 5) is 23.0. The molecule has 2 N–H and O–H groups in total. The summed E-state index contributed by atoms with van der Waals surface area (Å²) in [5.41, 5.74) is 1.40. The van der Waals surface area contributed by atoms with Gasteiger partial charge in [0.2, 0.25) is 0 Å². The van der Waals surface area contributed by atoms with Crippen molar-refractivity contribution >= 4 is 12.1 Å². The van der Waals surface area contributed by atoms with Gasteiger partial charge in [0, 0.05) is 6.42 Å². The maximum Gasteiger partial charge on any atom is 0.408 e. The summed E-state index contributed by atoms with van der Waals surface area (Å²) in [5.74, 6) is -1.60. The number of rotatable bonds is 6. The lowest BCUT2D eigenvalue weighted by Crippen LogP contribution is -2.42. The molecule has 0 bridgehead atoms. The summed E-state index contributed by atoms with van der Waals surface area (Å²) < 4.78 is 17.8. The highest BCUT2D eigenvalue weighted by molar-refractivity contribution is 5.80. The third kappa shape index (κ3) is 5.43. The van der Waals surface area contributed by atoms with Gasteiger partial charge in [0.25, 0.3) is 0 Å². The van der Waals surface area contributed by atoms with E-state index in [-0.39, 0.29) is 13.0 Å². The van der Waals surface area contributed by atoms with E-state index in [2.05, 4.69) is 5.32 Å². The van der Waals surface area contributed by atoms with E-state index in [1.165, 1.54) is 24.3 Å². The van der Waals surface area contributed by atoms with Crippen LogP contribution in [0.1, 0.15) is 11.1 Å². The number of hydrogen-bond donors (Lipinski definition) is 2. The number of carbonyl (C=O) groups excluding carboxylic acids is 1. The van der Waals surface area contributed by atoms with Gasteiger partial charge in [0.1, 0.15) is 18.5 Å². The van der Waals surface area contributed by atoms with Gasteiger partial charge in [-0.1, -0.05) is 42.5 Å². The maximum atomic E-state index is 12.8. The van der Waals surface area contributed by atoms with Crippen LogP contribution in [0.4, 0.5) is 9.18 Å². The van der Waals surface area contributed by atoms with Crippen LogP contribution in [0, 0.1) is 5.82 Å². The van der Waals surface area contributed by atoms with E-state index in [4.69, 9.17) is 4.74 Å². The zero-order valence-corrected chi connectivity index (χ0v) is 12.2. The zero-order valence-electron chi connectivity index (χ0n) is 12.2. The molecule has 5 nitrogen and oxygen atoms in total. The first-order chi connectivity index (χ1) is 11.0. The molecule has 0 aromatic heterocycles. The Balaban J connectivity index is 1.89. The Morgan fingerprint density at radius 3 is 2.30 bits per heavy atom. The Kier molecular flexibility index (Phi) is 5.68. The average molecular weight is 317 g/mol. The molecule has 1 unspecified atom stereocenters. The van der Waals surface area contributed by atoms with E-state index in [1.54, 1.807) is 12.1 Å². The lowest BCUT2D eigenvalue weighted by atomic mass is 10.1. The van der Waals surface area contributed by atoms with Crippen LogP contribution < -0.4 is 5.32 Å². The summed E-state index contributed by atoms with van der Waals surface area (Å²) >= 11 is 0. The Morgan fingerprint density at radius 2 is 1.70 bits per heavy atom. The molecule has 1 amide bonds. The maximum absolute atomic E-state index is 12.8. The molecule has 0 aliphatic carbocycles. The van der Waals surface area contributed by atoms with Crippen LogP contribution in [-0.4, -0.2) is 23.2 Å². The topological polar surface area (TPSA) is 75.6 Å².